The molecule has 0 aromatic rings. The number of esters is 1. The summed E-state index contributed by atoms with van der Waals surface area (Å²) in [6.45, 7) is 11.4. The van der Waals surface area contributed by atoms with E-state index in [0.717, 1.165) is 6.42 Å². The van der Waals surface area contributed by atoms with Crippen molar-refractivity contribution in [3.63, 3.8) is 0 Å². The van der Waals surface area contributed by atoms with Gasteiger partial charge >= 0.3 is 5.97 Å². The zero-order valence-electron chi connectivity index (χ0n) is 33.8. The fraction of sp³-hybridized carbons (Fsp3) is 0.810. The molecule has 3 aliphatic heterocycles. The lowest BCUT2D eigenvalue weighted by molar-refractivity contribution is -0.278. The number of ether oxygens (including phenoxy) is 4. The summed E-state index contributed by atoms with van der Waals surface area (Å²) in [5, 5.41) is 33.9. The van der Waals surface area contributed by atoms with Crippen molar-refractivity contribution in [3.8, 4) is 0 Å². The third-order valence-corrected chi connectivity index (χ3v) is 12.6. The summed E-state index contributed by atoms with van der Waals surface area (Å²) in [5.41, 5.74) is 1.31. The molecule has 1 aliphatic carbocycles. The lowest BCUT2D eigenvalue weighted by atomic mass is 9.82. The van der Waals surface area contributed by atoms with Crippen LogP contribution in [0.1, 0.15) is 119 Å². The number of piperidine rings is 1. The summed E-state index contributed by atoms with van der Waals surface area (Å²) in [4.78, 5) is 57.2. The Kier molecular flexibility index (Phi) is 16.0. The Bertz CT molecular complexity index is 1380. The molecule has 1 amide bonds. The van der Waals surface area contributed by atoms with Gasteiger partial charge in [-0.25, -0.2) is 4.79 Å². The Hall–Kier alpha value is -2.48. The molecule has 3 N–H and O–H groups in total. The van der Waals surface area contributed by atoms with Crippen molar-refractivity contribution in [2.45, 2.75) is 167 Å². The van der Waals surface area contributed by atoms with Crippen LogP contribution in [0, 0.1) is 29.6 Å². The SMILES string of the molecule is CCC1=CC(C)C[C@H](C)CC(OC)C2CC[C@@H](C)C(O)(O2)C(=O)C(=O)N2CCCCC2C(=O)OC(C(C)=C[C@@H]2CCC(O)C(OC)C2)[C@H](C)C(O)CC1=O. The second kappa shape index (κ2) is 19.6. The summed E-state index contributed by atoms with van der Waals surface area (Å²) in [6.07, 6.45) is 5.68. The average Bonchev–Trinajstić information content (AvgIpc) is 3.15. The van der Waals surface area contributed by atoms with Crippen LogP contribution in [0.15, 0.2) is 23.3 Å². The molecule has 0 spiro atoms. The van der Waals surface area contributed by atoms with Gasteiger partial charge in [-0.1, -0.05) is 46.8 Å². The van der Waals surface area contributed by atoms with Crippen LogP contribution in [-0.4, -0.2) is 113 Å². The number of Topliss-reactive ketones (excluding diaryl/α,β-unsaturated/α-hetero) is 2. The predicted octanol–water partition coefficient (Wildman–Crippen LogP) is 4.85. The second-order valence-corrected chi connectivity index (χ2v) is 16.8. The van der Waals surface area contributed by atoms with Crippen LogP contribution < -0.4 is 0 Å². The molecule has 0 radical (unpaired) electrons. The lowest BCUT2D eigenvalue weighted by Gasteiger charge is -2.44. The van der Waals surface area contributed by atoms with Gasteiger partial charge in [0.25, 0.3) is 11.7 Å². The topological polar surface area (TPSA) is 169 Å². The number of amides is 1. The summed E-state index contributed by atoms with van der Waals surface area (Å²) in [6, 6.07) is -1.10. The third kappa shape index (κ3) is 10.5. The second-order valence-electron chi connectivity index (χ2n) is 16.8. The molecule has 12 heteroatoms. The minimum atomic E-state index is -2.40. The van der Waals surface area contributed by atoms with Crippen LogP contribution in [0.2, 0.25) is 0 Å². The minimum absolute atomic E-state index is 0.0109. The van der Waals surface area contributed by atoms with Gasteiger partial charge < -0.3 is 39.2 Å². The van der Waals surface area contributed by atoms with Crippen LogP contribution >= 0.6 is 0 Å². The molecule has 1 saturated carbocycles. The molecule has 12 nitrogen and oxygen atoms in total. The maximum Gasteiger partial charge on any atom is 0.329 e. The van der Waals surface area contributed by atoms with E-state index in [9.17, 15) is 34.5 Å². The van der Waals surface area contributed by atoms with E-state index in [1.54, 1.807) is 28.1 Å². The number of carbonyl (C=O) groups excluding carboxylic acids is 4. The van der Waals surface area contributed by atoms with Gasteiger partial charge in [-0.05, 0) is 106 Å². The summed E-state index contributed by atoms with van der Waals surface area (Å²) in [5.74, 6) is -6.61. The Balaban J connectivity index is 1.74. The first-order valence-corrected chi connectivity index (χ1v) is 20.3. The third-order valence-electron chi connectivity index (χ3n) is 12.6. The normalized spacial score (nSPS) is 40.3. The van der Waals surface area contributed by atoms with E-state index < -0.39 is 71.8 Å². The van der Waals surface area contributed by atoms with E-state index in [0.29, 0.717) is 68.9 Å². The average molecular weight is 762 g/mol. The smallest absolute Gasteiger partial charge is 0.329 e. The zero-order chi connectivity index (χ0) is 39.9. The summed E-state index contributed by atoms with van der Waals surface area (Å²) in [7, 11) is 3.14. The van der Waals surface area contributed by atoms with Gasteiger partial charge in [0.05, 0.1) is 30.5 Å². The molecular formula is C42H67NO11. The molecule has 0 aromatic heterocycles. The van der Waals surface area contributed by atoms with Crippen molar-refractivity contribution in [2.75, 3.05) is 20.8 Å². The van der Waals surface area contributed by atoms with Gasteiger partial charge in [-0.2, -0.15) is 0 Å². The van der Waals surface area contributed by atoms with E-state index in [4.69, 9.17) is 18.9 Å². The number of aliphatic hydroxyl groups excluding tert-OH is 2. The molecule has 3 fully saturated rings. The molecule has 2 saturated heterocycles. The Morgan fingerprint density at radius 1 is 0.926 bits per heavy atom. The van der Waals surface area contributed by atoms with Crippen LogP contribution in [0.3, 0.4) is 0 Å². The van der Waals surface area contributed by atoms with Gasteiger partial charge in [-0.15, -0.1) is 0 Å². The lowest BCUT2D eigenvalue weighted by Crippen LogP contribution is -2.61. The molecule has 54 heavy (non-hydrogen) atoms. The molecule has 4 aliphatic rings. The first-order valence-electron chi connectivity index (χ1n) is 20.3. The number of cyclic esters (lactones) is 1. The van der Waals surface area contributed by atoms with Crippen molar-refractivity contribution in [1.29, 1.82) is 0 Å². The molecular weight excluding hydrogens is 694 g/mol. The van der Waals surface area contributed by atoms with Crippen molar-refractivity contribution in [1.82, 2.24) is 4.90 Å². The number of ketones is 2. The fourth-order valence-corrected chi connectivity index (χ4v) is 9.15. The van der Waals surface area contributed by atoms with Crippen LogP contribution in [0.25, 0.3) is 0 Å². The molecule has 2 bridgehead atoms. The summed E-state index contributed by atoms with van der Waals surface area (Å²) >= 11 is 0. The Morgan fingerprint density at radius 2 is 1.63 bits per heavy atom. The highest BCUT2D eigenvalue weighted by Gasteiger charge is 2.54. The predicted molar refractivity (Wildman–Crippen MR) is 202 cm³/mol. The van der Waals surface area contributed by atoms with Crippen LogP contribution in [-0.2, 0) is 38.1 Å². The van der Waals surface area contributed by atoms with Gasteiger partial charge in [0.1, 0.15) is 12.1 Å². The van der Waals surface area contributed by atoms with E-state index >= 15 is 0 Å². The fourth-order valence-electron chi connectivity index (χ4n) is 9.15. The number of methoxy groups -OCH3 is 2. The first-order chi connectivity index (χ1) is 25.5. The number of hydrogen-bond acceptors (Lipinski definition) is 11. The van der Waals surface area contributed by atoms with Crippen LogP contribution in [0.4, 0.5) is 0 Å². The highest BCUT2D eigenvalue weighted by Crippen LogP contribution is 2.38. The van der Waals surface area contributed by atoms with E-state index in [1.807, 2.05) is 26.0 Å². The Morgan fingerprint density at radius 3 is 2.30 bits per heavy atom. The van der Waals surface area contributed by atoms with E-state index in [-0.39, 0.29) is 49.0 Å². The van der Waals surface area contributed by atoms with E-state index in [2.05, 4.69) is 13.8 Å². The van der Waals surface area contributed by atoms with Gasteiger partial charge in [0.15, 0.2) is 5.78 Å². The molecule has 0 aromatic carbocycles. The van der Waals surface area contributed by atoms with Crippen molar-refractivity contribution >= 4 is 23.4 Å². The quantitative estimate of drug-likeness (QED) is 0.199. The zero-order valence-corrected chi connectivity index (χ0v) is 33.8. The molecule has 13 atom stereocenters. The number of fused-ring (bicyclic) bond motifs is 3. The number of carbonyl (C=O) groups is 4. The van der Waals surface area contributed by atoms with Crippen LogP contribution in [0.5, 0.6) is 0 Å². The number of allylic oxidation sites excluding steroid dienone is 3. The minimum Gasteiger partial charge on any atom is -0.456 e. The number of aliphatic hydroxyl groups is 3. The van der Waals surface area contributed by atoms with E-state index in [1.165, 1.54) is 4.90 Å². The van der Waals surface area contributed by atoms with Gasteiger partial charge in [-0.3, -0.25) is 14.4 Å². The number of nitrogens with zero attached hydrogens (tertiary/aromatic N) is 1. The standard InChI is InChI=1S/C42H67NO11/c1-9-30-19-24(2)18-25(3)20-37(52-8)35-16-13-27(5)42(50,54-35)39(47)40(48)43-17-11-10-12-31(43)41(49)53-38(28(6)33(45)23-34(30)46)26(4)21-29-14-15-32(44)36(22-29)51-7/h19,21,24-25,27-29,31-33,35-38,44-45,50H,9-18,20,22-23H2,1-8H3/t24?,25-,27+,28+,29-,31?,32?,33?,35?,36?,37?,38?,42?/m0/s1. The maximum atomic E-state index is 14.2. The molecule has 306 valence electrons. The number of rotatable bonds is 5. The van der Waals surface area contributed by atoms with Crippen molar-refractivity contribution in [3.05, 3.63) is 23.3 Å². The molecule has 4 rings (SSSR count). The van der Waals surface area contributed by atoms with Crippen molar-refractivity contribution in [2.24, 2.45) is 29.6 Å². The molecule has 9 unspecified atom stereocenters. The highest BCUT2D eigenvalue weighted by molar-refractivity contribution is 6.39. The summed E-state index contributed by atoms with van der Waals surface area (Å²) < 4.78 is 23.8. The molecule has 3 heterocycles. The highest BCUT2D eigenvalue weighted by atomic mass is 16.7. The Labute approximate surface area is 322 Å². The van der Waals surface area contributed by atoms with Gasteiger partial charge in [0.2, 0.25) is 5.79 Å². The van der Waals surface area contributed by atoms with Crippen molar-refractivity contribution < 1.29 is 53.4 Å². The number of hydrogen-bond donors (Lipinski definition) is 3. The van der Waals surface area contributed by atoms with Gasteiger partial charge in [0, 0.05) is 39.0 Å². The first kappa shape index (κ1) is 44.2. The largest absolute Gasteiger partial charge is 0.456 e. The maximum absolute atomic E-state index is 14.2. The monoisotopic (exact) mass is 761 g/mol.